The molecule has 156 valence electrons. The number of aryl methyl sites for hydroxylation is 1. The van der Waals surface area contributed by atoms with Crippen molar-refractivity contribution >= 4 is 29.9 Å². The molecular formula is C19H32IN7O. The Morgan fingerprint density at radius 3 is 2.68 bits per heavy atom. The van der Waals surface area contributed by atoms with Crippen LogP contribution < -0.4 is 10.1 Å². The van der Waals surface area contributed by atoms with Crippen molar-refractivity contribution in [2.24, 2.45) is 18.0 Å². The Bertz CT molecular complexity index is 747. The predicted octanol–water partition coefficient (Wildman–Crippen LogP) is 2.85. The summed E-state index contributed by atoms with van der Waals surface area (Å²) in [5.74, 6) is 2.91. The van der Waals surface area contributed by atoms with E-state index in [9.17, 15) is 0 Å². The van der Waals surface area contributed by atoms with Gasteiger partial charge in [0, 0.05) is 40.0 Å². The van der Waals surface area contributed by atoms with Crippen LogP contribution >= 0.6 is 24.0 Å². The normalized spacial score (nSPS) is 12.5. The second-order valence-corrected chi connectivity index (χ2v) is 7.12. The highest BCUT2D eigenvalue weighted by molar-refractivity contribution is 14.0. The van der Waals surface area contributed by atoms with Crippen LogP contribution in [-0.2, 0) is 20.1 Å². The minimum absolute atomic E-state index is 0. The number of hydrogen-bond acceptors (Lipinski definition) is 5. The number of halogens is 1. The van der Waals surface area contributed by atoms with E-state index < -0.39 is 0 Å². The van der Waals surface area contributed by atoms with Gasteiger partial charge in [0.1, 0.15) is 12.2 Å². The molecule has 2 rings (SSSR count). The van der Waals surface area contributed by atoms with E-state index in [4.69, 9.17) is 4.74 Å². The highest BCUT2D eigenvalue weighted by Gasteiger charge is 2.11. The molecule has 2 aromatic heterocycles. The van der Waals surface area contributed by atoms with Gasteiger partial charge in [-0.25, -0.2) is 9.97 Å². The van der Waals surface area contributed by atoms with Crippen LogP contribution in [-0.4, -0.2) is 50.8 Å². The fraction of sp³-hybridized carbons (Fsp3) is 0.579. The van der Waals surface area contributed by atoms with Gasteiger partial charge in [-0.1, -0.05) is 13.8 Å². The molecule has 0 bridgehead atoms. The molecule has 2 aromatic rings. The molecule has 1 atom stereocenters. The number of nitrogens with zero attached hydrogens (tertiary/aromatic N) is 6. The molecule has 0 aliphatic carbocycles. The van der Waals surface area contributed by atoms with Crippen LogP contribution in [0.3, 0.4) is 0 Å². The zero-order chi connectivity index (χ0) is 19.8. The fourth-order valence-corrected chi connectivity index (χ4v) is 2.86. The van der Waals surface area contributed by atoms with Crippen molar-refractivity contribution in [1.82, 2.24) is 30.0 Å². The Morgan fingerprint density at radius 1 is 1.32 bits per heavy atom. The summed E-state index contributed by atoms with van der Waals surface area (Å²) in [7, 11) is 5.62. The lowest BCUT2D eigenvalue weighted by atomic mass is 10.1. The number of nitrogens with one attached hydrogen (secondary N) is 1. The van der Waals surface area contributed by atoms with Crippen molar-refractivity contribution in [3.05, 3.63) is 36.0 Å². The molecule has 0 saturated heterocycles. The molecule has 0 aromatic carbocycles. The van der Waals surface area contributed by atoms with E-state index >= 15 is 0 Å². The van der Waals surface area contributed by atoms with Gasteiger partial charge in [-0.05, 0) is 30.9 Å². The number of hydrogen-bond donors (Lipinski definition) is 1. The Kier molecular flexibility index (Phi) is 10.2. The van der Waals surface area contributed by atoms with Crippen molar-refractivity contribution in [3.63, 3.8) is 0 Å². The highest BCUT2D eigenvalue weighted by Crippen LogP contribution is 2.15. The van der Waals surface area contributed by atoms with Crippen LogP contribution in [0.15, 0.2) is 29.6 Å². The van der Waals surface area contributed by atoms with Crippen LogP contribution in [0.1, 0.15) is 38.6 Å². The SMILES string of the molecule is CN=C(NCc1ccnc(OC(C)CC(C)C)c1)N(C)Cc1ncnn1C.I. The number of guanidine groups is 1. The van der Waals surface area contributed by atoms with Crippen molar-refractivity contribution in [3.8, 4) is 5.88 Å². The first kappa shape index (κ1) is 24.1. The van der Waals surface area contributed by atoms with E-state index in [1.165, 1.54) is 0 Å². The molecule has 9 heteroatoms. The van der Waals surface area contributed by atoms with Gasteiger partial charge in [0.25, 0.3) is 0 Å². The standard InChI is InChI=1S/C19H31N7O.HI/c1-14(2)9-15(3)27-18-10-16(7-8-21-18)11-22-19(20-4)25(5)12-17-23-13-24-26(17)6;/h7-8,10,13-15H,9,11-12H2,1-6H3,(H,20,22);1H. The Labute approximate surface area is 184 Å². The second kappa shape index (κ2) is 11.8. The quantitative estimate of drug-likeness (QED) is 0.341. The molecule has 28 heavy (non-hydrogen) atoms. The fourth-order valence-electron chi connectivity index (χ4n) is 2.86. The minimum Gasteiger partial charge on any atom is -0.475 e. The minimum atomic E-state index is 0. The number of rotatable bonds is 8. The van der Waals surface area contributed by atoms with Crippen molar-refractivity contribution in [1.29, 1.82) is 0 Å². The predicted molar refractivity (Wildman–Crippen MR) is 122 cm³/mol. The first-order valence-corrected chi connectivity index (χ1v) is 9.25. The molecule has 0 aliphatic rings. The lowest BCUT2D eigenvalue weighted by Crippen LogP contribution is -2.38. The molecular weight excluding hydrogens is 469 g/mol. The molecule has 1 unspecified atom stereocenters. The zero-order valence-corrected chi connectivity index (χ0v) is 19.9. The molecule has 0 aliphatic heterocycles. The lowest BCUT2D eigenvalue weighted by molar-refractivity contribution is 0.185. The highest BCUT2D eigenvalue weighted by atomic mass is 127. The van der Waals surface area contributed by atoms with Crippen LogP contribution in [0.2, 0.25) is 0 Å². The topological polar surface area (TPSA) is 80.5 Å². The summed E-state index contributed by atoms with van der Waals surface area (Å²) in [5.41, 5.74) is 1.09. The van der Waals surface area contributed by atoms with Crippen molar-refractivity contribution in [2.75, 3.05) is 14.1 Å². The maximum Gasteiger partial charge on any atom is 0.213 e. The smallest absolute Gasteiger partial charge is 0.213 e. The maximum absolute atomic E-state index is 5.93. The Balaban J connectivity index is 0.00000392. The third-order valence-corrected chi connectivity index (χ3v) is 4.13. The molecule has 0 radical (unpaired) electrons. The summed E-state index contributed by atoms with van der Waals surface area (Å²) in [5, 5.41) is 7.46. The third-order valence-electron chi connectivity index (χ3n) is 4.13. The summed E-state index contributed by atoms with van der Waals surface area (Å²) < 4.78 is 7.69. The molecule has 0 amide bonds. The maximum atomic E-state index is 5.93. The van der Waals surface area contributed by atoms with Gasteiger partial charge < -0.3 is 15.0 Å². The van der Waals surface area contributed by atoms with Crippen LogP contribution in [0.5, 0.6) is 5.88 Å². The summed E-state index contributed by atoms with van der Waals surface area (Å²) in [6.07, 6.45) is 4.48. The van der Waals surface area contributed by atoms with E-state index in [0.717, 1.165) is 23.8 Å². The Hall–Kier alpha value is -1.91. The van der Waals surface area contributed by atoms with Crippen LogP contribution in [0, 0.1) is 5.92 Å². The van der Waals surface area contributed by atoms with E-state index in [2.05, 4.69) is 46.1 Å². The van der Waals surface area contributed by atoms with Crippen molar-refractivity contribution < 1.29 is 4.74 Å². The summed E-state index contributed by atoms with van der Waals surface area (Å²) in [6.45, 7) is 7.71. The van der Waals surface area contributed by atoms with E-state index in [1.54, 1.807) is 24.3 Å². The summed E-state index contributed by atoms with van der Waals surface area (Å²) in [4.78, 5) is 14.9. The number of pyridine rings is 1. The second-order valence-electron chi connectivity index (χ2n) is 7.12. The van der Waals surface area contributed by atoms with Crippen LogP contribution in [0.25, 0.3) is 0 Å². The van der Waals surface area contributed by atoms with Crippen molar-refractivity contribution in [2.45, 2.75) is 46.4 Å². The van der Waals surface area contributed by atoms with Gasteiger partial charge in [-0.15, -0.1) is 24.0 Å². The zero-order valence-electron chi connectivity index (χ0n) is 17.6. The molecule has 2 heterocycles. The monoisotopic (exact) mass is 501 g/mol. The Morgan fingerprint density at radius 2 is 2.07 bits per heavy atom. The van der Waals surface area contributed by atoms with E-state index in [1.807, 2.05) is 31.1 Å². The average Bonchev–Trinajstić information content (AvgIpc) is 2.99. The molecule has 0 spiro atoms. The average molecular weight is 501 g/mol. The van der Waals surface area contributed by atoms with Gasteiger partial charge in [0.2, 0.25) is 5.88 Å². The van der Waals surface area contributed by atoms with Gasteiger partial charge in [0.15, 0.2) is 5.96 Å². The first-order chi connectivity index (χ1) is 12.9. The number of ether oxygens (including phenoxy) is 1. The van der Waals surface area contributed by atoms with E-state index in [0.29, 0.717) is 24.9 Å². The molecule has 8 nitrogen and oxygen atoms in total. The van der Waals surface area contributed by atoms with E-state index in [-0.39, 0.29) is 30.1 Å². The van der Waals surface area contributed by atoms with Gasteiger partial charge in [-0.2, -0.15) is 5.10 Å². The number of aliphatic imine (C=N–C) groups is 1. The lowest BCUT2D eigenvalue weighted by Gasteiger charge is -2.21. The largest absolute Gasteiger partial charge is 0.475 e. The summed E-state index contributed by atoms with van der Waals surface area (Å²) in [6, 6.07) is 3.95. The van der Waals surface area contributed by atoms with Gasteiger partial charge in [0.05, 0.1) is 12.6 Å². The summed E-state index contributed by atoms with van der Waals surface area (Å²) >= 11 is 0. The van der Waals surface area contributed by atoms with Crippen LogP contribution in [0.4, 0.5) is 0 Å². The first-order valence-electron chi connectivity index (χ1n) is 9.25. The number of aromatic nitrogens is 4. The van der Waals surface area contributed by atoms with Gasteiger partial charge >= 0.3 is 0 Å². The third kappa shape index (κ3) is 7.61. The molecule has 0 saturated carbocycles. The van der Waals surface area contributed by atoms with Gasteiger partial charge in [-0.3, -0.25) is 9.67 Å². The molecule has 1 N–H and O–H groups in total. The molecule has 0 fully saturated rings.